The fraction of sp³-hybridized carbons (Fsp3) is 0.190. The summed E-state index contributed by atoms with van der Waals surface area (Å²) >= 11 is 1.48. The van der Waals surface area contributed by atoms with E-state index >= 15 is 0 Å². The van der Waals surface area contributed by atoms with E-state index in [0.717, 1.165) is 37.7 Å². The van der Waals surface area contributed by atoms with Crippen LogP contribution in [0.5, 0.6) is 0 Å². The molecule has 1 N–H and O–H groups in total. The molecule has 4 rings (SSSR count). The van der Waals surface area contributed by atoms with Gasteiger partial charge in [-0.2, -0.15) is 5.10 Å². The van der Waals surface area contributed by atoms with E-state index in [1.165, 1.54) is 11.3 Å². The molecule has 1 atom stereocenters. The molecule has 0 bridgehead atoms. The summed E-state index contributed by atoms with van der Waals surface area (Å²) in [4.78, 5) is 26.0. The van der Waals surface area contributed by atoms with Crippen molar-refractivity contribution >= 4 is 43.1 Å². The van der Waals surface area contributed by atoms with Crippen LogP contribution in [0.4, 0.5) is 14.5 Å². The summed E-state index contributed by atoms with van der Waals surface area (Å²) in [7, 11) is 0. The number of carbonyl (C=O) groups is 1. The molecule has 8 heteroatoms. The number of nitrogens with one attached hydrogen (secondary N) is 1. The van der Waals surface area contributed by atoms with E-state index < -0.39 is 23.6 Å². The summed E-state index contributed by atoms with van der Waals surface area (Å²) in [5.74, 6) is -2.07. The summed E-state index contributed by atoms with van der Waals surface area (Å²) in [5.41, 5.74) is -0.0333. The van der Waals surface area contributed by atoms with Crippen LogP contribution in [0.1, 0.15) is 25.1 Å². The fourth-order valence-electron chi connectivity index (χ4n) is 3.37. The Balaban J connectivity index is 1.82. The molecule has 0 aliphatic heterocycles. The molecule has 1 unspecified atom stereocenters. The van der Waals surface area contributed by atoms with E-state index in [2.05, 4.69) is 10.4 Å². The second kappa shape index (κ2) is 7.36. The van der Waals surface area contributed by atoms with Crippen molar-refractivity contribution in [2.75, 3.05) is 5.32 Å². The van der Waals surface area contributed by atoms with Crippen molar-refractivity contribution in [3.05, 3.63) is 70.1 Å². The molecule has 0 fully saturated rings. The van der Waals surface area contributed by atoms with Crippen LogP contribution in [0.3, 0.4) is 0 Å². The van der Waals surface area contributed by atoms with Crippen molar-refractivity contribution in [3.63, 3.8) is 0 Å². The average molecular weight is 413 g/mol. The van der Waals surface area contributed by atoms with Gasteiger partial charge in [0.25, 0.3) is 5.56 Å². The lowest BCUT2D eigenvalue weighted by molar-refractivity contribution is -0.119. The first-order valence-corrected chi connectivity index (χ1v) is 9.89. The van der Waals surface area contributed by atoms with Crippen molar-refractivity contribution in [2.45, 2.75) is 26.3 Å². The Morgan fingerprint density at radius 1 is 1.24 bits per heavy atom. The van der Waals surface area contributed by atoms with Gasteiger partial charge in [-0.1, -0.05) is 25.1 Å². The first kappa shape index (κ1) is 19.2. The van der Waals surface area contributed by atoms with Crippen LogP contribution in [-0.2, 0) is 4.79 Å². The van der Waals surface area contributed by atoms with Crippen LogP contribution in [0, 0.1) is 18.6 Å². The van der Waals surface area contributed by atoms with Gasteiger partial charge in [0, 0.05) is 16.2 Å². The molecule has 0 radical (unpaired) electrons. The lowest BCUT2D eigenvalue weighted by Crippen LogP contribution is -2.35. The summed E-state index contributed by atoms with van der Waals surface area (Å²) in [5, 5.41) is 8.05. The highest BCUT2D eigenvalue weighted by Gasteiger charge is 2.25. The number of benzene rings is 2. The van der Waals surface area contributed by atoms with E-state index in [9.17, 15) is 18.4 Å². The highest BCUT2D eigenvalue weighted by Crippen LogP contribution is 2.33. The normalized spacial score (nSPS) is 12.4. The van der Waals surface area contributed by atoms with Crippen LogP contribution >= 0.6 is 11.3 Å². The number of thiophene rings is 1. The number of rotatable bonds is 4. The third kappa shape index (κ3) is 3.29. The number of amides is 1. The van der Waals surface area contributed by atoms with E-state index in [0.29, 0.717) is 11.1 Å². The van der Waals surface area contributed by atoms with Crippen LogP contribution in [-0.4, -0.2) is 15.7 Å². The minimum absolute atomic E-state index is 0.253. The second-order valence-corrected chi connectivity index (χ2v) is 7.73. The van der Waals surface area contributed by atoms with Gasteiger partial charge in [0.15, 0.2) is 0 Å². The lowest BCUT2D eigenvalue weighted by atomic mass is 10.1. The second-order valence-electron chi connectivity index (χ2n) is 6.67. The highest BCUT2D eigenvalue weighted by molar-refractivity contribution is 7.26. The molecule has 5 nitrogen and oxygen atoms in total. The number of nitrogens with zero attached hydrogens (tertiary/aromatic N) is 2. The van der Waals surface area contributed by atoms with Crippen LogP contribution in [0.2, 0.25) is 0 Å². The Morgan fingerprint density at radius 2 is 2.00 bits per heavy atom. The van der Waals surface area contributed by atoms with Crippen LogP contribution < -0.4 is 10.9 Å². The number of hydrogen-bond acceptors (Lipinski definition) is 4. The SMILES string of the molecule is CCC(C(=O)Nc1cc(F)ccc1F)n1nc(C)c2sc3ccccc3c2c1=O. The molecule has 1 amide bonds. The van der Waals surface area contributed by atoms with Crippen molar-refractivity contribution in [1.82, 2.24) is 9.78 Å². The molecular weight excluding hydrogens is 396 g/mol. The van der Waals surface area contributed by atoms with E-state index in [1.54, 1.807) is 13.8 Å². The predicted molar refractivity (Wildman–Crippen MR) is 110 cm³/mol. The molecule has 2 aromatic heterocycles. The maximum Gasteiger partial charge on any atom is 0.276 e. The number of hydrogen-bond donors (Lipinski definition) is 1. The first-order valence-electron chi connectivity index (χ1n) is 9.07. The molecule has 148 valence electrons. The van der Waals surface area contributed by atoms with Crippen LogP contribution in [0.25, 0.3) is 20.2 Å². The van der Waals surface area contributed by atoms with Crippen LogP contribution in [0.15, 0.2) is 47.3 Å². The summed E-state index contributed by atoms with van der Waals surface area (Å²) < 4.78 is 30.2. The molecule has 0 aliphatic carbocycles. The zero-order chi connectivity index (χ0) is 20.7. The third-order valence-electron chi connectivity index (χ3n) is 4.77. The van der Waals surface area contributed by atoms with Gasteiger partial charge >= 0.3 is 0 Å². The molecule has 2 aromatic carbocycles. The van der Waals surface area contributed by atoms with Gasteiger partial charge < -0.3 is 5.32 Å². The molecule has 0 saturated heterocycles. The van der Waals surface area contributed by atoms with Crippen molar-refractivity contribution in [3.8, 4) is 0 Å². The largest absolute Gasteiger partial charge is 0.322 e. The average Bonchev–Trinajstić information content (AvgIpc) is 3.09. The molecule has 29 heavy (non-hydrogen) atoms. The Bertz CT molecular complexity index is 1310. The Morgan fingerprint density at radius 3 is 2.76 bits per heavy atom. The van der Waals surface area contributed by atoms with Gasteiger partial charge in [0.2, 0.25) is 5.91 Å². The van der Waals surface area contributed by atoms with Gasteiger partial charge in [-0.05, 0) is 31.5 Å². The zero-order valence-corrected chi connectivity index (χ0v) is 16.5. The number of aromatic nitrogens is 2. The maximum absolute atomic E-state index is 13.9. The molecule has 4 aromatic rings. The molecule has 0 spiro atoms. The Hall–Kier alpha value is -3.13. The maximum atomic E-state index is 13.9. The number of fused-ring (bicyclic) bond motifs is 3. The van der Waals surface area contributed by atoms with Gasteiger partial charge in [-0.3, -0.25) is 9.59 Å². The first-order chi connectivity index (χ1) is 13.9. The lowest BCUT2D eigenvalue weighted by Gasteiger charge is -2.18. The Labute approximate surface area is 168 Å². The summed E-state index contributed by atoms with van der Waals surface area (Å²) in [6, 6.07) is 9.38. The minimum atomic E-state index is -0.966. The zero-order valence-electron chi connectivity index (χ0n) is 15.7. The number of carbonyl (C=O) groups excluding carboxylic acids is 1. The molecule has 2 heterocycles. The Kier molecular flexibility index (Phi) is 4.87. The van der Waals surface area contributed by atoms with Gasteiger partial charge in [0.05, 0.1) is 21.5 Å². The van der Waals surface area contributed by atoms with E-state index in [4.69, 9.17) is 0 Å². The third-order valence-corrected chi connectivity index (χ3v) is 6.05. The number of halogens is 2. The summed E-state index contributed by atoms with van der Waals surface area (Å²) in [6.07, 6.45) is 0.253. The smallest absolute Gasteiger partial charge is 0.276 e. The molecular formula is C21H17F2N3O2S. The predicted octanol–water partition coefficient (Wildman–Crippen LogP) is 4.79. The number of anilines is 1. The summed E-state index contributed by atoms with van der Waals surface area (Å²) in [6.45, 7) is 3.51. The standard InChI is InChI=1S/C21H17F2N3O2S/c1-3-16(20(27)24-15-10-12(22)8-9-14(15)23)26-21(28)18-13-6-4-5-7-17(13)29-19(18)11(2)25-26/h4-10,16H,3H2,1-2H3,(H,24,27). The monoisotopic (exact) mass is 413 g/mol. The van der Waals surface area contributed by atoms with Crippen molar-refractivity contribution in [1.29, 1.82) is 0 Å². The van der Waals surface area contributed by atoms with E-state index in [1.807, 2.05) is 24.3 Å². The van der Waals surface area contributed by atoms with Gasteiger partial charge in [0.1, 0.15) is 17.7 Å². The van der Waals surface area contributed by atoms with Crippen molar-refractivity contribution < 1.29 is 13.6 Å². The molecule has 0 aliphatic rings. The highest BCUT2D eigenvalue weighted by atomic mass is 32.1. The van der Waals surface area contributed by atoms with Gasteiger partial charge in [-0.25, -0.2) is 13.5 Å². The molecule has 0 saturated carbocycles. The fourth-order valence-corrected chi connectivity index (χ4v) is 4.50. The van der Waals surface area contributed by atoms with E-state index in [-0.39, 0.29) is 17.7 Å². The number of aryl methyl sites for hydroxylation is 1. The minimum Gasteiger partial charge on any atom is -0.322 e. The van der Waals surface area contributed by atoms with Gasteiger partial charge in [-0.15, -0.1) is 11.3 Å². The quantitative estimate of drug-likeness (QED) is 0.523. The topological polar surface area (TPSA) is 64.0 Å². The van der Waals surface area contributed by atoms with Crippen molar-refractivity contribution in [2.24, 2.45) is 0 Å².